The number of hydrogen-bond donors (Lipinski definition) is 1. The molecule has 4 heteroatoms. The molecule has 98 valence electrons. The van der Waals surface area contributed by atoms with Gasteiger partial charge in [0.1, 0.15) is 0 Å². The minimum Gasteiger partial charge on any atom is -0.343 e. The normalized spacial score (nSPS) is 25.8. The zero-order valence-electron chi connectivity index (χ0n) is 10.7. The van der Waals surface area contributed by atoms with Gasteiger partial charge in [0.25, 0.3) is 0 Å². The fourth-order valence-corrected chi connectivity index (χ4v) is 4.23. The highest BCUT2D eigenvalue weighted by Crippen LogP contribution is 2.37. The van der Waals surface area contributed by atoms with Crippen LogP contribution >= 0.6 is 11.3 Å². The predicted octanol–water partition coefficient (Wildman–Crippen LogP) is 2.61. The van der Waals surface area contributed by atoms with Gasteiger partial charge in [0.05, 0.1) is 4.88 Å². The van der Waals surface area contributed by atoms with Crippen molar-refractivity contribution in [3.05, 3.63) is 36.5 Å². The van der Waals surface area contributed by atoms with Crippen molar-refractivity contribution in [3.63, 3.8) is 0 Å². The van der Waals surface area contributed by atoms with Crippen molar-refractivity contribution in [1.29, 1.82) is 0 Å². The lowest BCUT2D eigenvalue weighted by Crippen LogP contribution is -2.33. The number of thiazole rings is 1. The predicted molar refractivity (Wildman–Crippen MR) is 79.7 cm³/mol. The van der Waals surface area contributed by atoms with Crippen molar-refractivity contribution in [1.82, 2.24) is 10.3 Å². The largest absolute Gasteiger partial charge is 0.343 e. The van der Waals surface area contributed by atoms with Gasteiger partial charge in [0, 0.05) is 31.9 Å². The van der Waals surface area contributed by atoms with Crippen LogP contribution in [0.1, 0.15) is 6.42 Å². The smallest absolute Gasteiger partial charge is 0.186 e. The molecule has 2 aromatic rings. The number of benzene rings is 1. The molecular formula is C15H17N3S. The molecule has 2 saturated heterocycles. The van der Waals surface area contributed by atoms with Gasteiger partial charge in [-0.2, -0.15) is 0 Å². The second-order valence-electron chi connectivity index (χ2n) is 5.34. The number of anilines is 1. The third-order valence-electron chi connectivity index (χ3n) is 4.24. The number of nitrogens with one attached hydrogen (secondary N) is 1. The summed E-state index contributed by atoms with van der Waals surface area (Å²) in [4.78, 5) is 8.42. The van der Waals surface area contributed by atoms with E-state index in [-0.39, 0.29) is 0 Å². The van der Waals surface area contributed by atoms with Crippen molar-refractivity contribution in [2.75, 3.05) is 24.5 Å². The molecule has 0 radical (unpaired) electrons. The summed E-state index contributed by atoms with van der Waals surface area (Å²) in [6.07, 6.45) is 3.32. The average Bonchev–Trinajstić information content (AvgIpc) is 3.15. The first-order chi connectivity index (χ1) is 9.42. The fraction of sp³-hybridized carbons (Fsp3) is 0.400. The number of rotatable bonds is 2. The van der Waals surface area contributed by atoms with Crippen LogP contribution in [0.2, 0.25) is 0 Å². The Bertz CT molecular complexity index is 566. The summed E-state index contributed by atoms with van der Waals surface area (Å²) < 4.78 is 0. The summed E-state index contributed by atoms with van der Waals surface area (Å²) in [6, 6.07) is 11.2. The Morgan fingerprint density at radius 2 is 2.11 bits per heavy atom. The molecule has 0 bridgehead atoms. The lowest BCUT2D eigenvalue weighted by Gasteiger charge is -2.22. The molecule has 0 aliphatic carbocycles. The maximum Gasteiger partial charge on any atom is 0.186 e. The average molecular weight is 271 g/mol. The summed E-state index contributed by atoms with van der Waals surface area (Å²) >= 11 is 1.82. The topological polar surface area (TPSA) is 28.2 Å². The second kappa shape index (κ2) is 4.62. The van der Waals surface area contributed by atoms with Gasteiger partial charge in [-0.3, -0.25) is 0 Å². The quantitative estimate of drug-likeness (QED) is 0.910. The van der Waals surface area contributed by atoms with Gasteiger partial charge in [-0.1, -0.05) is 41.7 Å². The van der Waals surface area contributed by atoms with E-state index in [0.717, 1.165) is 12.5 Å². The van der Waals surface area contributed by atoms with E-state index in [1.807, 2.05) is 17.5 Å². The summed E-state index contributed by atoms with van der Waals surface area (Å²) in [5.74, 6) is 0.823. The van der Waals surface area contributed by atoms with Crippen LogP contribution in [-0.2, 0) is 0 Å². The van der Waals surface area contributed by atoms with Gasteiger partial charge in [-0.05, 0) is 17.9 Å². The third-order valence-corrected chi connectivity index (χ3v) is 5.33. The molecule has 1 aromatic heterocycles. The lowest BCUT2D eigenvalue weighted by molar-refractivity contribution is 0.578. The maximum atomic E-state index is 4.65. The van der Waals surface area contributed by atoms with Crippen LogP contribution in [0.15, 0.2) is 36.5 Å². The molecule has 0 amide bonds. The van der Waals surface area contributed by atoms with E-state index in [4.69, 9.17) is 0 Å². The molecule has 4 rings (SSSR count). The van der Waals surface area contributed by atoms with Crippen LogP contribution in [0.25, 0.3) is 10.4 Å². The van der Waals surface area contributed by atoms with Crippen LogP contribution in [0, 0.1) is 5.92 Å². The Morgan fingerprint density at radius 1 is 1.21 bits per heavy atom. The summed E-state index contributed by atoms with van der Waals surface area (Å²) in [7, 11) is 0. The number of hydrogen-bond acceptors (Lipinski definition) is 4. The van der Waals surface area contributed by atoms with Gasteiger partial charge >= 0.3 is 0 Å². The minimum atomic E-state index is 0.662. The molecule has 2 aliphatic heterocycles. The van der Waals surface area contributed by atoms with Crippen molar-refractivity contribution >= 4 is 16.5 Å². The van der Waals surface area contributed by atoms with Gasteiger partial charge in [0.15, 0.2) is 5.13 Å². The van der Waals surface area contributed by atoms with Crippen molar-refractivity contribution in [2.24, 2.45) is 5.92 Å². The first-order valence-electron chi connectivity index (χ1n) is 6.90. The van der Waals surface area contributed by atoms with E-state index in [1.54, 1.807) is 0 Å². The van der Waals surface area contributed by atoms with Crippen LogP contribution < -0.4 is 10.2 Å². The van der Waals surface area contributed by atoms with E-state index in [9.17, 15) is 0 Å². The van der Waals surface area contributed by atoms with Crippen LogP contribution in [-0.4, -0.2) is 30.7 Å². The first kappa shape index (κ1) is 11.4. The van der Waals surface area contributed by atoms with Crippen molar-refractivity contribution < 1.29 is 0 Å². The first-order valence-corrected chi connectivity index (χ1v) is 7.72. The zero-order valence-corrected chi connectivity index (χ0v) is 11.6. The van der Waals surface area contributed by atoms with Crippen molar-refractivity contribution in [3.8, 4) is 10.4 Å². The Hall–Kier alpha value is -1.39. The SMILES string of the molecule is c1ccc(-c2cnc(N3CC[C@@H]4CNC[C@@H]43)s2)cc1. The molecule has 2 aliphatic rings. The number of fused-ring (bicyclic) bond motifs is 1. The van der Waals surface area contributed by atoms with Crippen LogP contribution in [0.4, 0.5) is 5.13 Å². The molecule has 0 spiro atoms. The van der Waals surface area contributed by atoms with Gasteiger partial charge in [0.2, 0.25) is 0 Å². The number of aromatic nitrogens is 1. The molecule has 1 N–H and O–H groups in total. The van der Waals surface area contributed by atoms with Crippen LogP contribution in [0.3, 0.4) is 0 Å². The summed E-state index contributed by atoms with van der Waals surface area (Å²) in [5.41, 5.74) is 1.27. The standard InChI is InChI=1S/C15H17N3S/c1-2-4-11(5-3-1)14-10-17-15(19-14)18-7-6-12-8-16-9-13(12)18/h1-5,10,12-13,16H,6-9H2/t12-,13+/m1/s1. The molecular weight excluding hydrogens is 254 g/mol. The second-order valence-corrected chi connectivity index (χ2v) is 6.35. The molecule has 3 heterocycles. The summed E-state index contributed by atoms with van der Waals surface area (Å²) in [6.45, 7) is 3.46. The lowest BCUT2D eigenvalue weighted by atomic mass is 10.1. The van der Waals surface area contributed by atoms with E-state index < -0.39 is 0 Å². The van der Waals surface area contributed by atoms with Crippen LogP contribution in [0.5, 0.6) is 0 Å². The highest BCUT2D eigenvalue weighted by molar-refractivity contribution is 7.18. The van der Waals surface area contributed by atoms with E-state index in [0.29, 0.717) is 6.04 Å². The Balaban J connectivity index is 1.62. The Kier molecular flexibility index (Phi) is 2.78. The minimum absolute atomic E-state index is 0.662. The molecule has 2 atom stereocenters. The van der Waals surface area contributed by atoms with Crippen molar-refractivity contribution in [2.45, 2.75) is 12.5 Å². The van der Waals surface area contributed by atoms with Gasteiger partial charge in [-0.15, -0.1) is 0 Å². The maximum absolute atomic E-state index is 4.65. The molecule has 0 saturated carbocycles. The summed E-state index contributed by atoms with van der Waals surface area (Å²) in [5, 5.41) is 4.69. The molecule has 1 aromatic carbocycles. The Labute approximate surface area is 117 Å². The molecule has 0 unspecified atom stereocenters. The zero-order chi connectivity index (χ0) is 12.7. The molecule has 2 fully saturated rings. The highest BCUT2D eigenvalue weighted by Gasteiger charge is 2.38. The number of nitrogens with zero attached hydrogens (tertiary/aromatic N) is 2. The Morgan fingerprint density at radius 3 is 3.00 bits per heavy atom. The molecule has 19 heavy (non-hydrogen) atoms. The van der Waals surface area contributed by atoms with E-state index in [2.05, 4.69) is 45.5 Å². The fourth-order valence-electron chi connectivity index (χ4n) is 3.22. The molecule has 3 nitrogen and oxygen atoms in total. The van der Waals surface area contributed by atoms with E-state index in [1.165, 1.54) is 35.1 Å². The van der Waals surface area contributed by atoms with E-state index >= 15 is 0 Å². The monoisotopic (exact) mass is 271 g/mol. The third kappa shape index (κ3) is 1.95. The van der Waals surface area contributed by atoms with Gasteiger partial charge in [-0.25, -0.2) is 4.98 Å². The van der Waals surface area contributed by atoms with Gasteiger partial charge < -0.3 is 10.2 Å². The highest BCUT2D eigenvalue weighted by atomic mass is 32.1.